The van der Waals surface area contributed by atoms with Crippen LogP contribution in [0, 0.1) is 32.1 Å². The number of aryl methyl sites for hydroxylation is 1. The highest BCUT2D eigenvalue weighted by Gasteiger charge is 2.21. The van der Waals surface area contributed by atoms with E-state index in [2.05, 4.69) is 128 Å². The Bertz CT molecular complexity index is 2060. The first kappa shape index (κ1) is 39.5. The van der Waals surface area contributed by atoms with Crippen molar-refractivity contribution >= 4 is 0 Å². The van der Waals surface area contributed by atoms with Gasteiger partial charge in [0.25, 0.3) is 0 Å². The summed E-state index contributed by atoms with van der Waals surface area (Å²) < 4.78 is 19.4. The molecule has 1 fully saturated rings. The molecule has 1 aromatic heterocycles. The fourth-order valence-corrected chi connectivity index (χ4v) is 7.49. The van der Waals surface area contributed by atoms with Crippen LogP contribution in [0.15, 0.2) is 97.3 Å². The number of benzene rings is 4. The molecule has 6 rings (SSSR count). The van der Waals surface area contributed by atoms with E-state index in [1.165, 1.54) is 41.5 Å². The van der Waals surface area contributed by atoms with Crippen LogP contribution in [-0.4, -0.2) is 54.1 Å². The van der Waals surface area contributed by atoms with Gasteiger partial charge in [-0.1, -0.05) is 67.1 Å². The molecule has 2 heterocycles. The summed E-state index contributed by atoms with van der Waals surface area (Å²) in [7, 11) is 2.19. The molecule has 0 aliphatic carbocycles. The van der Waals surface area contributed by atoms with Crippen molar-refractivity contribution in [2.75, 3.05) is 33.3 Å². The number of hydrogen-bond donors (Lipinski definition) is 0. The number of hydrogen-bond acceptors (Lipinski definition) is 7. The standard InChI is InChI=1S/C48H56N4O3/c1-35-26-43(32-52-23-10-9-14-36(52)2)48(54-33-41-27-40(29-49)30-50-31-41)28-47(35)55-34-42-17-11-18-44(37(42)3)45-19-12-20-46(38(45)4)53-25-13-22-51(5)24-21-39-15-7-6-8-16-39/h6-8,11-12,15-20,26-28,30-31,36H,9-10,13-14,21-25,32-34H2,1-5H3/t36-/m1/s1. The van der Waals surface area contributed by atoms with Crippen LogP contribution in [0.5, 0.6) is 17.2 Å². The first-order chi connectivity index (χ1) is 26.8. The van der Waals surface area contributed by atoms with Crippen molar-refractivity contribution < 1.29 is 14.2 Å². The highest BCUT2D eigenvalue weighted by molar-refractivity contribution is 5.73. The van der Waals surface area contributed by atoms with Crippen LogP contribution >= 0.6 is 0 Å². The van der Waals surface area contributed by atoms with Crippen molar-refractivity contribution in [1.29, 1.82) is 5.26 Å². The Balaban J connectivity index is 1.12. The lowest BCUT2D eigenvalue weighted by molar-refractivity contribution is 0.150. The summed E-state index contributed by atoms with van der Waals surface area (Å²) in [4.78, 5) is 9.16. The predicted molar refractivity (Wildman–Crippen MR) is 222 cm³/mol. The summed E-state index contributed by atoms with van der Waals surface area (Å²) in [5, 5.41) is 9.38. The third kappa shape index (κ3) is 10.7. The molecule has 4 aromatic carbocycles. The largest absolute Gasteiger partial charge is 0.493 e. The quantitative estimate of drug-likeness (QED) is 0.0881. The van der Waals surface area contributed by atoms with E-state index in [-0.39, 0.29) is 0 Å². The normalized spacial score (nSPS) is 14.5. The molecule has 7 nitrogen and oxygen atoms in total. The van der Waals surface area contributed by atoms with Crippen molar-refractivity contribution in [2.24, 2.45) is 0 Å². The molecule has 286 valence electrons. The van der Waals surface area contributed by atoms with E-state index in [0.29, 0.717) is 31.4 Å². The molecule has 1 aliphatic heterocycles. The van der Waals surface area contributed by atoms with E-state index in [0.717, 1.165) is 84.1 Å². The Morgan fingerprint density at radius 2 is 1.55 bits per heavy atom. The Labute approximate surface area is 328 Å². The fraction of sp³-hybridized carbons (Fsp3) is 0.375. The zero-order valence-corrected chi connectivity index (χ0v) is 33.3. The average Bonchev–Trinajstić information content (AvgIpc) is 3.20. The van der Waals surface area contributed by atoms with E-state index in [1.54, 1.807) is 12.4 Å². The molecule has 0 unspecified atom stereocenters. The van der Waals surface area contributed by atoms with Gasteiger partial charge in [0.2, 0.25) is 0 Å². The Hall–Kier alpha value is -5.16. The van der Waals surface area contributed by atoms with Crippen molar-refractivity contribution in [3.63, 3.8) is 0 Å². The van der Waals surface area contributed by atoms with Crippen LogP contribution in [0.1, 0.15) is 77.1 Å². The van der Waals surface area contributed by atoms with Crippen LogP contribution < -0.4 is 14.2 Å². The van der Waals surface area contributed by atoms with Crippen LogP contribution in [-0.2, 0) is 26.2 Å². The minimum absolute atomic E-state index is 0.322. The smallest absolute Gasteiger partial charge is 0.128 e. The van der Waals surface area contributed by atoms with E-state index < -0.39 is 0 Å². The molecule has 0 bridgehead atoms. The molecule has 0 saturated carbocycles. The van der Waals surface area contributed by atoms with Gasteiger partial charge in [-0.3, -0.25) is 9.88 Å². The molecular weight excluding hydrogens is 681 g/mol. The fourth-order valence-electron chi connectivity index (χ4n) is 7.49. The second-order valence-electron chi connectivity index (χ2n) is 15.1. The molecule has 7 heteroatoms. The van der Waals surface area contributed by atoms with Gasteiger partial charge in [0.1, 0.15) is 36.5 Å². The van der Waals surface area contributed by atoms with E-state index >= 15 is 0 Å². The van der Waals surface area contributed by atoms with Crippen LogP contribution in [0.2, 0.25) is 0 Å². The zero-order valence-electron chi connectivity index (χ0n) is 33.3. The summed E-state index contributed by atoms with van der Waals surface area (Å²) >= 11 is 0. The minimum atomic E-state index is 0.322. The van der Waals surface area contributed by atoms with Gasteiger partial charge in [0, 0.05) is 55.3 Å². The minimum Gasteiger partial charge on any atom is -0.493 e. The van der Waals surface area contributed by atoms with Gasteiger partial charge in [0.05, 0.1) is 12.2 Å². The molecule has 0 N–H and O–H groups in total. The molecule has 1 aliphatic rings. The molecular formula is C48H56N4O3. The van der Waals surface area contributed by atoms with Crippen molar-refractivity contribution in [3.05, 3.63) is 142 Å². The second kappa shape index (κ2) is 19.4. The summed E-state index contributed by atoms with van der Waals surface area (Å²) in [6, 6.07) is 32.3. The van der Waals surface area contributed by atoms with Crippen LogP contribution in [0.4, 0.5) is 0 Å². The summed E-state index contributed by atoms with van der Waals surface area (Å²) in [5.41, 5.74) is 10.8. The maximum atomic E-state index is 9.38. The third-order valence-electron chi connectivity index (χ3n) is 11.0. The van der Waals surface area contributed by atoms with Crippen molar-refractivity contribution in [2.45, 2.75) is 85.6 Å². The highest BCUT2D eigenvalue weighted by atomic mass is 16.5. The van der Waals surface area contributed by atoms with Gasteiger partial charge in [-0.2, -0.15) is 5.26 Å². The number of piperidine rings is 1. The molecule has 5 aromatic rings. The van der Waals surface area contributed by atoms with Gasteiger partial charge < -0.3 is 19.1 Å². The molecule has 0 spiro atoms. The van der Waals surface area contributed by atoms with Crippen LogP contribution in [0.25, 0.3) is 11.1 Å². The zero-order chi connectivity index (χ0) is 38.6. The molecule has 1 atom stereocenters. The van der Waals surface area contributed by atoms with Gasteiger partial charge >= 0.3 is 0 Å². The van der Waals surface area contributed by atoms with Gasteiger partial charge in [-0.25, -0.2) is 0 Å². The Morgan fingerprint density at radius 1 is 0.764 bits per heavy atom. The molecule has 0 amide bonds. The van der Waals surface area contributed by atoms with Crippen molar-refractivity contribution in [1.82, 2.24) is 14.8 Å². The second-order valence-corrected chi connectivity index (χ2v) is 15.1. The van der Waals surface area contributed by atoms with Crippen LogP contribution in [0.3, 0.4) is 0 Å². The lowest BCUT2D eigenvalue weighted by atomic mass is 9.93. The first-order valence-corrected chi connectivity index (χ1v) is 19.8. The Morgan fingerprint density at radius 3 is 2.35 bits per heavy atom. The SMILES string of the molecule is Cc1cc(CN2CCCC[C@H]2C)c(OCc2cncc(C#N)c2)cc1OCc1cccc(-c2cccc(OCCCN(C)CCc3ccccc3)c2C)c1C. The highest BCUT2D eigenvalue weighted by Crippen LogP contribution is 2.35. The lowest BCUT2D eigenvalue weighted by Crippen LogP contribution is -2.36. The molecule has 55 heavy (non-hydrogen) atoms. The Kier molecular flexibility index (Phi) is 14.0. The maximum Gasteiger partial charge on any atom is 0.128 e. The number of nitriles is 1. The number of pyridine rings is 1. The van der Waals surface area contributed by atoms with E-state index in [9.17, 15) is 5.26 Å². The lowest BCUT2D eigenvalue weighted by Gasteiger charge is -2.34. The number of ether oxygens (including phenoxy) is 3. The average molecular weight is 737 g/mol. The van der Waals surface area contributed by atoms with Gasteiger partial charge in [0.15, 0.2) is 0 Å². The van der Waals surface area contributed by atoms with Gasteiger partial charge in [-0.15, -0.1) is 0 Å². The summed E-state index contributed by atoms with van der Waals surface area (Å²) in [6.45, 7) is 14.1. The third-order valence-corrected chi connectivity index (χ3v) is 11.0. The maximum absolute atomic E-state index is 9.38. The van der Waals surface area contributed by atoms with E-state index in [4.69, 9.17) is 14.2 Å². The molecule has 1 saturated heterocycles. The van der Waals surface area contributed by atoms with Crippen molar-refractivity contribution in [3.8, 4) is 34.4 Å². The number of aromatic nitrogens is 1. The number of rotatable bonds is 17. The number of nitrogens with zero attached hydrogens (tertiary/aromatic N) is 4. The summed E-state index contributed by atoms with van der Waals surface area (Å²) in [5.74, 6) is 2.54. The van der Waals surface area contributed by atoms with Gasteiger partial charge in [-0.05, 0) is 124 Å². The number of likely N-dealkylation sites (tertiary alicyclic amines) is 1. The summed E-state index contributed by atoms with van der Waals surface area (Å²) in [6.07, 6.45) is 9.07. The molecule has 0 radical (unpaired) electrons. The topological polar surface area (TPSA) is 70.8 Å². The monoisotopic (exact) mass is 736 g/mol. The first-order valence-electron chi connectivity index (χ1n) is 19.8. The predicted octanol–water partition coefficient (Wildman–Crippen LogP) is 10.0. The number of likely N-dealkylation sites (N-methyl/N-ethyl adjacent to an activating group) is 1. The van der Waals surface area contributed by atoms with E-state index in [1.807, 2.05) is 12.1 Å².